The van der Waals surface area contributed by atoms with Crippen molar-refractivity contribution in [3.05, 3.63) is 74.8 Å². The Morgan fingerprint density at radius 2 is 1.82 bits per heavy atom. The number of nitrogens with zero attached hydrogens (tertiary/aromatic N) is 2. The van der Waals surface area contributed by atoms with Crippen LogP contribution in [0.1, 0.15) is 51.6 Å². The summed E-state index contributed by atoms with van der Waals surface area (Å²) in [5.41, 5.74) is -0.640. The van der Waals surface area contributed by atoms with Crippen molar-refractivity contribution >= 4 is 17.6 Å². The van der Waals surface area contributed by atoms with Crippen molar-refractivity contribution in [3.63, 3.8) is 0 Å². The van der Waals surface area contributed by atoms with Crippen LogP contribution >= 0.6 is 0 Å². The Morgan fingerprint density at radius 1 is 1.15 bits per heavy atom. The number of halogens is 3. The van der Waals surface area contributed by atoms with Gasteiger partial charge in [0, 0.05) is 43.4 Å². The Morgan fingerprint density at radius 3 is 2.44 bits per heavy atom. The highest BCUT2D eigenvalue weighted by molar-refractivity contribution is 5.99. The van der Waals surface area contributed by atoms with E-state index >= 15 is 0 Å². The maximum absolute atomic E-state index is 12.9. The van der Waals surface area contributed by atoms with Crippen LogP contribution in [0.25, 0.3) is 0 Å². The molecule has 0 bridgehead atoms. The van der Waals surface area contributed by atoms with Crippen molar-refractivity contribution in [2.45, 2.75) is 38.5 Å². The van der Waals surface area contributed by atoms with E-state index in [1.807, 2.05) is 4.90 Å². The Bertz CT molecular complexity index is 1070. The summed E-state index contributed by atoms with van der Waals surface area (Å²) in [6.07, 6.45) is -3.28. The van der Waals surface area contributed by atoms with E-state index in [1.54, 1.807) is 13.0 Å². The summed E-state index contributed by atoms with van der Waals surface area (Å²) in [4.78, 5) is 37.3. The molecule has 1 N–H and O–H groups in total. The molecule has 1 saturated heterocycles. The highest BCUT2D eigenvalue weighted by Gasteiger charge is 2.30. The Labute approximate surface area is 193 Å². The molecule has 11 heteroatoms. The summed E-state index contributed by atoms with van der Waals surface area (Å²) in [6.45, 7) is 3.16. The molecule has 1 aliphatic rings. The van der Waals surface area contributed by atoms with Crippen molar-refractivity contribution in [2.75, 3.05) is 19.7 Å². The fourth-order valence-electron chi connectivity index (χ4n) is 3.79. The van der Waals surface area contributed by atoms with Gasteiger partial charge in [0.05, 0.1) is 22.7 Å². The van der Waals surface area contributed by atoms with E-state index in [0.717, 1.165) is 24.3 Å². The second-order valence-electron chi connectivity index (χ2n) is 7.97. The van der Waals surface area contributed by atoms with Gasteiger partial charge in [-0.2, -0.15) is 13.2 Å². The summed E-state index contributed by atoms with van der Waals surface area (Å²) in [6, 6.07) is 8.39. The van der Waals surface area contributed by atoms with E-state index in [4.69, 9.17) is 4.74 Å². The molecule has 0 spiro atoms. The number of non-ortho nitro benzene ring substituents is 1. The van der Waals surface area contributed by atoms with Gasteiger partial charge in [-0.05, 0) is 37.5 Å². The van der Waals surface area contributed by atoms with Crippen LogP contribution in [0, 0.1) is 10.1 Å². The third-order valence-corrected chi connectivity index (χ3v) is 5.49. The van der Waals surface area contributed by atoms with E-state index in [-0.39, 0.29) is 23.8 Å². The number of carbonyl (C=O) groups excluding carboxylic acids is 2. The molecule has 0 aromatic heterocycles. The summed E-state index contributed by atoms with van der Waals surface area (Å²) in [5, 5.41) is 14.0. The number of carbonyl (C=O) groups is 2. The zero-order chi connectivity index (χ0) is 24.9. The van der Waals surface area contributed by atoms with Crippen LogP contribution in [0.3, 0.4) is 0 Å². The maximum Gasteiger partial charge on any atom is 0.416 e. The van der Waals surface area contributed by atoms with E-state index in [1.165, 1.54) is 12.1 Å². The molecule has 0 atom stereocenters. The van der Waals surface area contributed by atoms with Gasteiger partial charge in [0.2, 0.25) is 0 Å². The Balaban J connectivity index is 1.60. The lowest BCUT2D eigenvalue weighted by Crippen LogP contribution is -2.44. The zero-order valence-electron chi connectivity index (χ0n) is 18.4. The fraction of sp³-hybridized carbons (Fsp3) is 0.391. The first-order chi connectivity index (χ1) is 16.1. The maximum atomic E-state index is 12.9. The molecule has 0 aliphatic carbocycles. The highest BCUT2D eigenvalue weighted by Crippen LogP contribution is 2.30. The van der Waals surface area contributed by atoms with Crippen LogP contribution in [-0.2, 0) is 17.5 Å². The molecular weight excluding hydrogens is 455 g/mol. The molecule has 0 radical (unpaired) electrons. The molecule has 182 valence electrons. The smallest absolute Gasteiger partial charge is 0.416 e. The average Bonchev–Trinajstić information content (AvgIpc) is 2.80. The van der Waals surface area contributed by atoms with Gasteiger partial charge < -0.3 is 10.1 Å². The third kappa shape index (κ3) is 6.53. The summed E-state index contributed by atoms with van der Waals surface area (Å²) in [7, 11) is 0. The minimum atomic E-state index is -4.40. The number of benzene rings is 2. The normalized spacial score (nSPS) is 15.1. The number of amides is 1. The molecule has 1 aliphatic heterocycles. The van der Waals surface area contributed by atoms with Crippen molar-refractivity contribution < 1.29 is 32.4 Å². The number of ether oxygens (including phenoxy) is 1. The number of nitro benzene ring substituents is 1. The van der Waals surface area contributed by atoms with Crippen LogP contribution in [0.4, 0.5) is 18.9 Å². The number of likely N-dealkylation sites (tertiary alicyclic amines) is 1. The van der Waals surface area contributed by atoms with E-state index in [0.29, 0.717) is 38.0 Å². The van der Waals surface area contributed by atoms with Crippen LogP contribution in [0.2, 0.25) is 0 Å². The van der Waals surface area contributed by atoms with Gasteiger partial charge in [-0.15, -0.1) is 0 Å². The van der Waals surface area contributed by atoms with Crippen molar-refractivity contribution in [2.24, 2.45) is 0 Å². The standard InChI is InChI=1S/C23H24F3N3O5/c1-2-34-22(31)17-11-16(12-20(13-17)29(32)33)21(30)27-19-6-8-28(9-7-19)14-15-4-3-5-18(10-15)23(24,25)26/h3-5,10-13,19H,2,6-9,14H2,1H3,(H,27,30). The molecule has 34 heavy (non-hydrogen) atoms. The Hall–Kier alpha value is -3.47. The fourth-order valence-corrected chi connectivity index (χ4v) is 3.79. The molecule has 2 aromatic rings. The van der Waals surface area contributed by atoms with Gasteiger partial charge in [0.1, 0.15) is 0 Å². The number of alkyl halides is 3. The number of hydrogen-bond acceptors (Lipinski definition) is 6. The quantitative estimate of drug-likeness (QED) is 0.363. The highest BCUT2D eigenvalue weighted by atomic mass is 19.4. The SMILES string of the molecule is CCOC(=O)c1cc(C(=O)NC2CCN(Cc3cccc(C(F)(F)F)c3)CC2)cc([N+](=O)[O-])c1. The predicted octanol–water partition coefficient (Wildman–Crippen LogP) is 4.18. The molecule has 1 heterocycles. The number of esters is 1. The third-order valence-electron chi connectivity index (χ3n) is 5.49. The zero-order valence-corrected chi connectivity index (χ0v) is 18.4. The van der Waals surface area contributed by atoms with Crippen LogP contribution in [0.5, 0.6) is 0 Å². The molecular formula is C23H24F3N3O5. The first-order valence-corrected chi connectivity index (χ1v) is 10.7. The minimum absolute atomic E-state index is 0.0244. The number of nitro groups is 1. The van der Waals surface area contributed by atoms with Crippen LogP contribution in [0.15, 0.2) is 42.5 Å². The topological polar surface area (TPSA) is 102 Å². The number of hydrogen-bond donors (Lipinski definition) is 1. The summed E-state index contributed by atoms with van der Waals surface area (Å²) in [5.74, 6) is -1.31. The van der Waals surface area contributed by atoms with Gasteiger partial charge in [-0.1, -0.05) is 18.2 Å². The van der Waals surface area contributed by atoms with Gasteiger partial charge in [0.25, 0.3) is 11.6 Å². The lowest BCUT2D eigenvalue weighted by Gasteiger charge is -2.32. The van der Waals surface area contributed by atoms with Crippen molar-refractivity contribution in [3.8, 4) is 0 Å². The number of rotatable bonds is 7. The van der Waals surface area contributed by atoms with Crippen molar-refractivity contribution in [1.29, 1.82) is 0 Å². The second kappa shape index (κ2) is 10.6. The predicted molar refractivity (Wildman–Crippen MR) is 116 cm³/mol. The Kier molecular flexibility index (Phi) is 7.87. The minimum Gasteiger partial charge on any atom is -0.462 e. The van der Waals surface area contributed by atoms with E-state index in [2.05, 4.69) is 5.32 Å². The molecule has 2 aromatic carbocycles. The first-order valence-electron chi connectivity index (χ1n) is 10.7. The lowest BCUT2D eigenvalue weighted by molar-refractivity contribution is -0.384. The number of nitrogens with one attached hydrogen (secondary N) is 1. The van der Waals surface area contributed by atoms with Crippen LogP contribution < -0.4 is 5.32 Å². The molecule has 8 nitrogen and oxygen atoms in total. The summed E-state index contributed by atoms with van der Waals surface area (Å²) >= 11 is 0. The van der Waals surface area contributed by atoms with Gasteiger partial charge in [0.15, 0.2) is 0 Å². The molecule has 1 amide bonds. The molecule has 1 fully saturated rings. The van der Waals surface area contributed by atoms with E-state index < -0.39 is 34.2 Å². The molecule has 0 unspecified atom stereocenters. The van der Waals surface area contributed by atoms with Gasteiger partial charge in [-0.25, -0.2) is 4.79 Å². The molecule has 0 saturated carbocycles. The van der Waals surface area contributed by atoms with Crippen LogP contribution in [-0.4, -0.2) is 47.4 Å². The first kappa shape index (κ1) is 25.2. The average molecular weight is 479 g/mol. The van der Waals surface area contributed by atoms with Crippen molar-refractivity contribution in [1.82, 2.24) is 10.2 Å². The van der Waals surface area contributed by atoms with Gasteiger partial charge in [-0.3, -0.25) is 19.8 Å². The van der Waals surface area contributed by atoms with E-state index in [9.17, 15) is 32.9 Å². The molecule has 3 rings (SSSR count). The second-order valence-corrected chi connectivity index (χ2v) is 7.97. The number of piperidine rings is 1. The lowest BCUT2D eigenvalue weighted by atomic mass is 10.0. The monoisotopic (exact) mass is 479 g/mol. The van der Waals surface area contributed by atoms with Gasteiger partial charge >= 0.3 is 12.1 Å². The largest absolute Gasteiger partial charge is 0.462 e. The summed E-state index contributed by atoms with van der Waals surface area (Å²) < 4.78 is 43.6.